The van der Waals surface area contributed by atoms with Crippen molar-refractivity contribution in [2.45, 2.75) is 43.5 Å². The van der Waals surface area contributed by atoms with Gasteiger partial charge in [0.25, 0.3) is 0 Å². The summed E-state index contributed by atoms with van der Waals surface area (Å²) in [5.74, 6) is 0.801. The zero-order chi connectivity index (χ0) is 21.8. The minimum atomic E-state index is -3.68. The number of fused-ring (bicyclic) bond motifs is 1. The van der Waals surface area contributed by atoms with Gasteiger partial charge in [-0.1, -0.05) is 30.3 Å². The number of nitrogens with zero attached hydrogens (tertiary/aromatic N) is 1. The van der Waals surface area contributed by atoms with Gasteiger partial charge in [-0.15, -0.1) is 23.1 Å². The van der Waals surface area contributed by atoms with Crippen LogP contribution < -0.4 is 10.0 Å². The van der Waals surface area contributed by atoms with Crippen molar-refractivity contribution < 1.29 is 13.2 Å². The van der Waals surface area contributed by atoms with E-state index in [1.807, 2.05) is 24.3 Å². The maximum Gasteiger partial charge on any atom is 0.241 e. The van der Waals surface area contributed by atoms with Crippen molar-refractivity contribution in [3.05, 3.63) is 59.1 Å². The maximum atomic E-state index is 12.7. The Bertz CT molecular complexity index is 1100. The largest absolute Gasteiger partial charge is 0.351 e. The topological polar surface area (TPSA) is 88.2 Å². The van der Waals surface area contributed by atoms with Crippen molar-refractivity contribution in [2.24, 2.45) is 0 Å². The van der Waals surface area contributed by atoms with Crippen LogP contribution in [0.2, 0.25) is 0 Å². The average molecular weight is 464 g/mol. The predicted octanol–water partition coefficient (Wildman–Crippen LogP) is 3.92. The number of hydrogen-bond acceptors (Lipinski definition) is 6. The molecule has 0 aliphatic heterocycles. The Morgan fingerprint density at radius 3 is 2.53 bits per heavy atom. The van der Waals surface area contributed by atoms with E-state index in [2.05, 4.69) is 15.0 Å². The van der Waals surface area contributed by atoms with Crippen LogP contribution in [-0.4, -0.2) is 30.6 Å². The summed E-state index contributed by atoms with van der Waals surface area (Å²) < 4.78 is 29.2. The number of benzene rings is 2. The van der Waals surface area contributed by atoms with Gasteiger partial charge in [-0.25, -0.2) is 18.1 Å². The van der Waals surface area contributed by atoms with Crippen LogP contribution in [0.15, 0.2) is 53.4 Å². The summed E-state index contributed by atoms with van der Waals surface area (Å²) in [5.41, 5.74) is 0.940. The SMILES string of the molecule is CC(C)(C)NS(=O)(=O)c1ccccc1CNC(=O)CSCc1nc2ccccc2s1. The Labute approximate surface area is 185 Å². The molecule has 1 heterocycles. The van der Waals surface area contributed by atoms with Crippen molar-refractivity contribution in [3.63, 3.8) is 0 Å². The molecule has 3 rings (SSSR count). The Balaban J connectivity index is 1.54. The van der Waals surface area contributed by atoms with Crippen LogP contribution in [0, 0.1) is 0 Å². The predicted molar refractivity (Wildman–Crippen MR) is 124 cm³/mol. The molecule has 1 amide bonds. The number of thioether (sulfide) groups is 1. The van der Waals surface area contributed by atoms with Crippen molar-refractivity contribution in [2.75, 3.05) is 5.75 Å². The van der Waals surface area contributed by atoms with E-state index in [4.69, 9.17) is 0 Å². The second-order valence-corrected chi connectivity index (χ2v) is 11.6. The molecule has 1 aromatic heterocycles. The van der Waals surface area contributed by atoms with E-state index in [0.717, 1.165) is 15.2 Å². The van der Waals surface area contributed by atoms with Crippen LogP contribution in [0.3, 0.4) is 0 Å². The highest BCUT2D eigenvalue weighted by atomic mass is 32.2. The molecule has 3 aromatic rings. The first-order chi connectivity index (χ1) is 14.1. The van der Waals surface area contributed by atoms with Crippen molar-refractivity contribution in [1.82, 2.24) is 15.0 Å². The standard InChI is InChI=1S/C21H25N3O3S3/c1-21(2,3)24-30(26,27)18-11-7-4-8-15(18)12-22-19(25)13-28-14-20-23-16-9-5-6-10-17(16)29-20/h4-11,24H,12-14H2,1-3H3,(H,22,25). The van der Waals surface area contributed by atoms with Gasteiger partial charge >= 0.3 is 0 Å². The number of nitrogens with one attached hydrogen (secondary N) is 2. The number of carbonyl (C=O) groups excluding carboxylic acids is 1. The van der Waals surface area contributed by atoms with Crippen molar-refractivity contribution in [1.29, 1.82) is 0 Å². The number of sulfonamides is 1. The molecule has 30 heavy (non-hydrogen) atoms. The van der Waals surface area contributed by atoms with Gasteiger partial charge in [0.15, 0.2) is 0 Å². The Morgan fingerprint density at radius 2 is 1.80 bits per heavy atom. The van der Waals surface area contributed by atoms with Crippen LogP contribution in [0.4, 0.5) is 0 Å². The Kier molecular flexibility index (Phi) is 7.18. The number of amides is 1. The van der Waals surface area contributed by atoms with E-state index >= 15 is 0 Å². The molecule has 0 saturated heterocycles. The van der Waals surface area contributed by atoms with Crippen LogP contribution in [0.5, 0.6) is 0 Å². The number of aromatic nitrogens is 1. The fraction of sp³-hybridized carbons (Fsp3) is 0.333. The zero-order valence-corrected chi connectivity index (χ0v) is 19.6. The fourth-order valence-corrected chi connectivity index (χ4v) is 6.36. The highest BCUT2D eigenvalue weighted by Gasteiger charge is 2.24. The summed E-state index contributed by atoms with van der Waals surface area (Å²) in [6, 6.07) is 14.7. The second-order valence-electron chi connectivity index (χ2n) is 7.81. The van der Waals surface area contributed by atoms with Crippen LogP contribution in [0.25, 0.3) is 10.2 Å². The van der Waals surface area contributed by atoms with E-state index in [1.54, 1.807) is 56.4 Å². The third kappa shape index (κ3) is 6.28. The van der Waals surface area contributed by atoms with Crippen LogP contribution in [-0.2, 0) is 27.1 Å². The van der Waals surface area contributed by atoms with Gasteiger partial charge in [0, 0.05) is 17.8 Å². The maximum absolute atomic E-state index is 12.7. The molecule has 6 nitrogen and oxygen atoms in total. The average Bonchev–Trinajstić information content (AvgIpc) is 3.07. The van der Waals surface area contributed by atoms with Gasteiger partial charge in [-0.3, -0.25) is 4.79 Å². The van der Waals surface area contributed by atoms with E-state index in [1.165, 1.54) is 11.8 Å². The van der Waals surface area contributed by atoms with Gasteiger partial charge < -0.3 is 5.32 Å². The summed E-state index contributed by atoms with van der Waals surface area (Å²) >= 11 is 3.12. The molecule has 0 aliphatic rings. The number of para-hydroxylation sites is 1. The zero-order valence-electron chi connectivity index (χ0n) is 17.1. The number of rotatable bonds is 8. The normalized spacial score (nSPS) is 12.2. The van der Waals surface area contributed by atoms with Gasteiger partial charge in [-0.2, -0.15) is 0 Å². The lowest BCUT2D eigenvalue weighted by Crippen LogP contribution is -2.41. The minimum absolute atomic E-state index is 0.142. The Hall–Kier alpha value is -1.94. The van der Waals surface area contributed by atoms with E-state index in [-0.39, 0.29) is 23.1 Å². The molecular weight excluding hydrogens is 438 g/mol. The molecule has 2 N–H and O–H groups in total. The van der Waals surface area contributed by atoms with Crippen LogP contribution in [0.1, 0.15) is 31.3 Å². The first-order valence-corrected chi connectivity index (χ1v) is 12.9. The fourth-order valence-electron chi connectivity index (χ4n) is 2.83. The van der Waals surface area contributed by atoms with Gasteiger partial charge in [0.2, 0.25) is 15.9 Å². The molecule has 0 unspecified atom stereocenters. The Morgan fingerprint density at radius 1 is 1.10 bits per heavy atom. The lowest BCUT2D eigenvalue weighted by molar-refractivity contribution is -0.118. The number of thiazole rings is 1. The molecule has 160 valence electrons. The number of carbonyl (C=O) groups is 1. The molecule has 0 aliphatic carbocycles. The van der Waals surface area contributed by atoms with Gasteiger partial charge in [0.05, 0.1) is 20.9 Å². The van der Waals surface area contributed by atoms with E-state index in [9.17, 15) is 13.2 Å². The second kappa shape index (κ2) is 9.47. The van der Waals surface area contributed by atoms with E-state index < -0.39 is 15.6 Å². The van der Waals surface area contributed by atoms with Crippen molar-refractivity contribution in [3.8, 4) is 0 Å². The molecule has 0 fully saturated rings. The molecule has 9 heteroatoms. The van der Waals surface area contributed by atoms with Gasteiger partial charge in [0.1, 0.15) is 5.01 Å². The first-order valence-electron chi connectivity index (χ1n) is 9.45. The molecule has 0 radical (unpaired) electrons. The minimum Gasteiger partial charge on any atom is -0.351 e. The summed E-state index contributed by atoms with van der Waals surface area (Å²) in [6.45, 7) is 5.52. The summed E-state index contributed by atoms with van der Waals surface area (Å²) in [7, 11) is -3.68. The molecule has 2 aromatic carbocycles. The van der Waals surface area contributed by atoms with Crippen molar-refractivity contribution >= 4 is 49.2 Å². The smallest absolute Gasteiger partial charge is 0.241 e. The lowest BCUT2D eigenvalue weighted by Gasteiger charge is -2.21. The summed E-state index contributed by atoms with van der Waals surface area (Å²) in [4.78, 5) is 17.0. The third-order valence-electron chi connectivity index (χ3n) is 3.98. The highest BCUT2D eigenvalue weighted by molar-refractivity contribution is 7.99. The molecule has 0 bridgehead atoms. The summed E-state index contributed by atoms with van der Waals surface area (Å²) in [6.07, 6.45) is 0. The van der Waals surface area contributed by atoms with Crippen LogP contribution >= 0.6 is 23.1 Å². The molecular formula is C21H25N3O3S3. The van der Waals surface area contributed by atoms with Gasteiger partial charge in [-0.05, 0) is 44.5 Å². The third-order valence-corrected chi connectivity index (χ3v) is 8.00. The monoisotopic (exact) mass is 463 g/mol. The molecule has 0 saturated carbocycles. The highest BCUT2D eigenvalue weighted by Crippen LogP contribution is 2.24. The lowest BCUT2D eigenvalue weighted by atomic mass is 10.1. The summed E-state index contributed by atoms with van der Waals surface area (Å²) in [5, 5.41) is 3.80. The number of hydrogen-bond donors (Lipinski definition) is 2. The molecule has 0 spiro atoms. The first kappa shape index (κ1) is 22.7. The van der Waals surface area contributed by atoms with E-state index in [0.29, 0.717) is 11.3 Å². The quantitative estimate of drug-likeness (QED) is 0.529. The molecule has 0 atom stereocenters.